The Bertz CT molecular complexity index is 545. The number of carbonyl (C=O) groups excluding carboxylic acids is 3. The molecule has 2 N–H and O–H groups in total. The second kappa shape index (κ2) is 10.3. The molecule has 7 nitrogen and oxygen atoms in total. The van der Waals surface area contributed by atoms with Gasteiger partial charge in [0.15, 0.2) is 0 Å². The Kier molecular flexibility index (Phi) is 8.32. The molecule has 1 unspecified atom stereocenters. The maximum atomic E-state index is 12.2. The van der Waals surface area contributed by atoms with E-state index < -0.39 is 24.0 Å². The van der Waals surface area contributed by atoms with Crippen LogP contribution in [0.2, 0.25) is 0 Å². The topological polar surface area (TPSA) is 93.7 Å². The standard InChI is InChI=1S/C17H24N2O5/c1-12(2)10-23-17(22)24-11-15(19-13(3)20)16(21)18-9-14-7-5-4-6-8-14/h4-8,12,15H,9-11H2,1-3H3,(H,18,21)(H,19,20). The molecule has 1 atom stereocenters. The molecule has 0 radical (unpaired) electrons. The third kappa shape index (κ3) is 8.17. The molecule has 1 aromatic carbocycles. The summed E-state index contributed by atoms with van der Waals surface area (Å²) in [6.07, 6.45) is -0.866. The lowest BCUT2D eigenvalue weighted by atomic mass is 10.2. The van der Waals surface area contributed by atoms with Gasteiger partial charge < -0.3 is 20.1 Å². The lowest BCUT2D eigenvalue weighted by Gasteiger charge is -2.17. The van der Waals surface area contributed by atoms with Crippen LogP contribution in [0.3, 0.4) is 0 Å². The van der Waals surface area contributed by atoms with Crippen molar-refractivity contribution in [1.29, 1.82) is 0 Å². The highest BCUT2D eigenvalue weighted by Crippen LogP contribution is 1.99. The van der Waals surface area contributed by atoms with Crippen molar-refractivity contribution in [1.82, 2.24) is 10.6 Å². The van der Waals surface area contributed by atoms with Gasteiger partial charge >= 0.3 is 6.16 Å². The summed E-state index contributed by atoms with van der Waals surface area (Å²) in [7, 11) is 0. The van der Waals surface area contributed by atoms with Gasteiger partial charge in [0.1, 0.15) is 12.6 Å². The van der Waals surface area contributed by atoms with Gasteiger partial charge in [-0.25, -0.2) is 4.79 Å². The van der Waals surface area contributed by atoms with Gasteiger partial charge in [0.2, 0.25) is 11.8 Å². The van der Waals surface area contributed by atoms with Gasteiger partial charge in [-0.1, -0.05) is 44.2 Å². The monoisotopic (exact) mass is 336 g/mol. The number of ether oxygens (including phenoxy) is 2. The van der Waals surface area contributed by atoms with Crippen molar-refractivity contribution in [3.8, 4) is 0 Å². The Morgan fingerprint density at radius 2 is 1.67 bits per heavy atom. The van der Waals surface area contributed by atoms with Gasteiger partial charge in [0.25, 0.3) is 0 Å². The van der Waals surface area contributed by atoms with Gasteiger partial charge in [0, 0.05) is 13.5 Å². The number of nitrogens with one attached hydrogen (secondary N) is 2. The molecule has 1 aromatic rings. The molecule has 0 aliphatic rings. The zero-order chi connectivity index (χ0) is 17.9. The number of amides is 2. The van der Waals surface area contributed by atoms with Crippen LogP contribution in [0.1, 0.15) is 26.3 Å². The van der Waals surface area contributed by atoms with E-state index in [-0.39, 0.29) is 19.1 Å². The number of rotatable bonds is 8. The fourth-order valence-electron chi connectivity index (χ4n) is 1.76. The first-order chi connectivity index (χ1) is 11.4. The first-order valence-corrected chi connectivity index (χ1v) is 7.76. The molecule has 0 bridgehead atoms. The molecule has 0 aliphatic heterocycles. The van der Waals surface area contributed by atoms with Gasteiger partial charge in [-0.3, -0.25) is 9.59 Å². The summed E-state index contributed by atoms with van der Waals surface area (Å²) in [5.74, 6) is -0.655. The van der Waals surface area contributed by atoms with Crippen LogP contribution < -0.4 is 10.6 Å². The van der Waals surface area contributed by atoms with Crippen molar-refractivity contribution in [2.45, 2.75) is 33.4 Å². The van der Waals surface area contributed by atoms with Gasteiger partial charge in [-0.05, 0) is 11.5 Å². The molecule has 0 saturated carbocycles. The van der Waals surface area contributed by atoms with E-state index >= 15 is 0 Å². The van der Waals surface area contributed by atoms with Crippen molar-refractivity contribution in [3.63, 3.8) is 0 Å². The average Bonchev–Trinajstić information content (AvgIpc) is 2.55. The predicted molar refractivity (Wildman–Crippen MR) is 88.0 cm³/mol. The lowest BCUT2D eigenvalue weighted by Crippen LogP contribution is -2.48. The van der Waals surface area contributed by atoms with Crippen LogP contribution in [0.4, 0.5) is 4.79 Å². The largest absolute Gasteiger partial charge is 0.508 e. The van der Waals surface area contributed by atoms with Crippen LogP contribution in [-0.2, 0) is 25.6 Å². The van der Waals surface area contributed by atoms with Crippen LogP contribution in [0, 0.1) is 5.92 Å². The van der Waals surface area contributed by atoms with Crippen molar-refractivity contribution in [3.05, 3.63) is 35.9 Å². The first kappa shape index (κ1) is 19.5. The zero-order valence-corrected chi connectivity index (χ0v) is 14.2. The first-order valence-electron chi connectivity index (χ1n) is 7.76. The number of hydrogen-bond acceptors (Lipinski definition) is 5. The minimum atomic E-state index is -0.974. The zero-order valence-electron chi connectivity index (χ0n) is 14.2. The molecule has 0 aliphatic carbocycles. The summed E-state index contributed by atoms with van der Waals surface area (Å²) in [6.45, 7) is 5.32. The maximum absolute atomic E-state index is 12.2. The average molecular weight is 336 g/mol. The highest BCUT2D eigenvalue weighted by molar-refractivity contribution is 5.87. The molecule has 0 fully saturated rings. The quantitative estimate of drug-likeness (QED) is 0.704. The second-order valence-electron chi connectivity index (χ2n) is 5.72. The van der Waals surface area contributed by atoms with Crippen molar-refractivity contribution in [2.75, 3.05) is 13.2 Å². The molecule has 0 saturated heterocycles. The Hall–Kier alpha value is -2.57. The Labute approximate surface area is 141 Å². The van der Waals surface area contributed by atoms with Crippen LogP contribution in [-0.4, -0.2) is 37.2 Å². The summed E-state index contributed by atoms with van der Waals surface area (Å²) in [5, 5.41) is 5.15. The highest BCUT2D eigenvalue weighted by atomic mass is 16.7. The second-order valence-corrected chi connectivity index (χ2v) is 5.72. The van der Waals surface area contributed by atoms with E-state index in [1.165, 1.54) is 6.92 Å². The molecular weight excluding hydrogens is 312 g/mol. The van der Waals surface area contributed by atoms with Gasteiger partial charge in [-0.15, -0.1) is 0 Å². The van der Waals surface area contributed by atoms with Crippen molar-refractivity contribution >= 4 is 18.0 Å². The van der Waals surface area contributed by atoms with E-state index in [4.69, 9.17) is 9.47 Å². The van der Waals surface area contributed by atoms with E-state index in [1.807, 2.05) is 44.2 Å². The van der Waals surface area contributed by atoms with E-state index in [0.717, 1.165) is 5.56 Å². The van der Waals surface area contributed by atoms with E-state index in [1.54, 1.807) is 0 Å². The van der Waals surface area contributed by atoms with Crippen molar-refractivity contribution < 1.29 is 23.9 Å². The van der Waals surface area contributed by atoms with Crippen molar-refractivity contribution in [2.24, 2.45) is 5.92 Å². The summed E-state index contributed by atoms with van der Waals surface area (Å²) in [6, 6.07) is 8.36. The van der Waals surface area contributed by atoms with Crippen LogP contribution in [0.15, 0.2) is 30.3 Å². The summed E-state index contributed by atoms with van der Waals surface area (Å²) in [4.78, 5) is 34.9. The van der Waals surface area contributed by atoms with Crippen LogP contribution in [0.25, 0.3) is 0 Å². The Morgan fingerprint density at radius 1 is 1.04 bits per heavy atom. The number of carbonyl (C=O) groups is 3. The van der Waals surface area contributed by atoms with E-state index in [2.05, 4.69) is 10.6 Å². The molecule has 1 rings (SSSR count). The van der Waals surface area contributed by atoms with E-state index in [9.17, 15) is 14.4 Å². The van der Waals surface area contributed by atoms with Gasteiger partial charge in [-0.2, -0.15) is 0 Å². The normalized spacial score (nSPS) is 11.5. The number of hydrogen-bond donors (Lipinski definition) is 2. The third-order valence-electron chi connectivity index (χ3n) is 2.91. The Morgan fingerprint density at radius 3 is 2.25 bits per heavy atom. The highest BCUT2D eigenvalue weighted by Gasteiger charge is 2.21. The summed E-state index contributed by atoms with van der Waals surface area (Å²) >= 11 is 0. The molecule has 2 amide bonds. The van der Waals surface area contributed by atoms with E-state index in [0.29, 0.717) is 6.54 Å². The smallest absolute Gasteiger partial charge is 0.434 e. The molecular formula is C17H24N2O5. The fourth-order valence-corrected chi connectivity index (χ4v) is 1.76. The number of benzene rings is 1. The van der Waals surface area contributed by atoms with Crippen LogP contribution in [0.5, 0.6) is 0 Å². The summed E-state index contributed by atoms with van der Waals surface area (Å²) in [5.41, 5.74) is 0.921. The van der Waals surface area contributed by atoms with Crippen LogP contribution >= 0.6 is 0 Å². The molecule has 0 spiro atoms. The molecule has 0 aromatic heterocycles. The van der Waals surface area contributed by atoms with Gasteiger partial charge in [0.05, 0.1) is 6.61 Å². The molecule has 24 heavy (non-hydrogen) atoms. The molecule has 7 heteroatoms. The SMILES string of the molecule is CC(=O)NC(COC(=O)OCC(C)C)C(=O)NCc1ccccc1. The predicted octanol–water partition coefficient (Wildman–Crippen LogP) is 1.62. The maximum Gasteiger partial charge on any atom is 0.508 e. The summed E-state index contributed by atoms with van der Waals surface area (Å²) < 4.78 is 9.75. The molecule has 0 heterocycles. The minimum Gasteiger partial charge on any atom is -0.434 e. The third-order valence-corrected chi connectivity index (χ3v) is 2.91. The fraction of sp³-hybridized carbons (Fsp3) is 0.471. The lowest BCUT2D eigenvalue weighted by molar-refractivity contribution is -0.129. The Balaban J connectivity index is 2.49. The molecule has 132 valence electrons. The minimum absolute atomic E-state index is 0.179.